The molecular weight excluding hydrogens is 172 g/mol. The molecule has 2 atom stereocenters. The van der Waals surface area contributed by atoms with Gasteiger partial charge in [0.05, 0.1) is 0 Å². The third-order valence-electron chi connectivity index (χ3n) is 3.56. The van der Waals surface area contributed by atoms with Crippen molar-refractivity contribution in [3.8, 4) is 0 Å². The summed E-state index contributed by atoms with van der Waals surface area (Å²) in [6.45, 7) is 9.93. The standard InChI is InChI=1S/C12H24N2/c1-4-11-6-5-7-12(11,9-13)14-8-10(2)3/h11,14H,2,4-9,13H2,1,3H3. The molecule has 82 valence electrons. The van der Waals surface area contributed by atoms with E-state index in [1.807, 2.05) is 0 Å². The van der Waals surface area contributed by atoms with Crippen LogP contribution < -0.4 is 11.1 Å². The third kappa shape index (κ3) is 2.37. The highest BCUT2D eigenvalue weighted by atomic mass is 15.0. The largest absolute Gasteiger partial charge is 0.329 e. The molecule has 1 aliphatic carbocycles. The van der Waals surface area contributed by atoms with E-state index in [2.05, 4.69) is 25.7 Å². The second-order valence-electron chi connectivity index (χ2n) is 4.67. The molecule has 0 bridgehead atoms. The molecule has 0 saturated heterocycles. The van der Waals surface area contributed by atoms with Crippen LogP contribution >= 0.6 is 0 Å². The van der Waals surface area contributed by atoms with Crippen molar-refractivity contribution in [2.75, 3.05) is 13.1 Å². The van der Waals surface area contributed by atoms with Crippen LogP contribution in [0.4, 0.5) is 0 Å². The van der Waals surface area contributed by atoms with Gasteiger partial charge in [0.25, 0.3) is 0 Å². The molecule has 0 spiro atoms. The van der Waals surface area contributed by atoms with Crippen LogP contribution in [-0.2, 0) is 0 Å². The Morgan fingerprint density at radius 2 is 2.36 bits per heavy atom. The summed E-state index contributed by atoms with van der Waals surface area (Å²) < 4.78 is 0. The minimum absolute atomic E-state index is 0.202. The molecule has 0 radical (unpaired) electrons. The van der Waals surface area contributed by atoms with E-state index < -0.39 is 0 Å². The highest BCUT2D eigenvalue weighted by molar-refractivity contribution is 5.03. The van der Waals surface area contributed by atoms with Crippen LogP contribution in [-0.4, -0.2) is 18.6 Å². The van der Waals surface area contributed by atoms with E-state index in [-0.39, 0.29) is 5.54 Å². The Morgan fingerprint density at radius 1 is 1.64 bits per heavy atom. The zero-order chi connectivity index (χ0) is 10.6. The van der Waals surface area contributed by atoms with E-state index in [1.54, 1.807) is 0 Å². The number of rotatable bonds is 5. The van der Waals surface area contributed by atoms with Gasteiger partial charge in [-0.05, 0) is 25.7 Å². The first-order valence-corrected chi connectivity index (χ1v) is 5.74. The normalized spacial score (nSPS) is 32.1. The van der Waals surface area contributed by atoms with Crippen molar-refractivity contribution in [1.82, 2.24) is 5.32 Å². The lowest BCUT2D eigenvalue weighted by molar-refractivity contribution is 0.252. The van der Waals surface area contributed by atoms with Crippen LogP contribution in [0.2, 0.25) is 0 Å². The average Bonchev–Trinajstić information content (AvgIpc) is 2.58. The van der Waals surface area contributed by atoms with E-state index in [4.69, 9.17) is 5.73 Å². The van der Waals surface area contributed by atoms with Crippen molar-refractivity contribution in [3.05, 3.63) is 12.2 Å². The van der Waals surface area contributed by atoms with Gasteiger partial charge in [0.2, 0.25) is 0 Å². The second kappa shape index (κ2) is 4.94. The highest BCUT2D eigenvalue weighted by Crippen LogP contribution is 2.37. The molecule has 3 N–H and O–H groups in total. The number of nitrogens with two attached hydrogens (primary N) is 1. The molecular formula is C12H24N2. The average molecular weight is 196 g/mol. The SMILES string of the molecule is C=C(C)CNC1(CN)CCCC1CC. The Balaban J connectivity index is 2.59. The summed E-state index contributed by atoms with van der Waals surface area (Å²) in [5.41, 5.74) is 7.32. The minimum atomic E-state index is 0.202. The van der Waals surface area contributed by atoms with Crippen molar-refractivity contribution in [3.63, 3.8) is 0 Å². The lowest BCUT2D eigenvalue weighted by Gasteiger charge is -2.35. The Bertz CT molecular complexity index is 200. The van der Waals surface area contributed by atoms with Gasteiger partial charge < -0.3 is 11.1 Å². The molecule has 2 unspecified atom stereocenters. The maximum Gasteiger partial charge on any atom is 0.0335 e. The van der Waals surface area contributed by atoms with Crippen molar-refractivity contribution in [2.24, 2.45) is 11.7 Å². The van der Waals surface area contributed by atoms with Gasteiger partial charge in [-0.3, -0.25) is 0 Å². The van der Waals surface area contributed by atoms with E-state index in [9.17, 15) is 0 Å². The summed E-state index contributed by atoms with van der Waals surface area (Å²) in [5, 5.41) is 3.62. The molecule has 0 amide bonds. The van der Waals surface area contributed by atoms with Gasteiger partial charge in [-0.15, -0.1) is 0 Å². The van der Waals surface area contributed by atoms with Gasteiger partial charge >= 0.3 is 0 Å². The van der Waals surface area contributed by atoms with Gasteiger partial charge in [0, 0.05) is 18.6 Å². The summed E-state index contributed by atoms with van der Waals surface area (Å²) in [7, 11) is 0. The second-order valence-corrected chi connectivity index (χ2v) is 4.67. The number of hydrogen-bond acceptors (Lipinski definition) is 2. The smallest absolute Gasteiger partial charge is 0.0335 e. The Morgan fingerprint density at radius 3 is 2.86 bits per heavy atom. The van der Waals surface area contributed by atoms with Crippen LogP contribution in [0.5, 0.6) is 0 Å². The lowest BCUT2D eigenvalue weighted by Crippen LogP contribution is -2.54. The molecule has 0 aromatic rings. The van der Waals surface area contributed by atoms with Crippen LogP contribution in [0.3, 0.4) is 0 Å². The molecule has 0 aromatic carbocycles. The first-order valence-electron chi connectivity index (χ1n) is 5.74. The van der Waals surface area contributed by atoms with Crippen LogP contribution in [0.1, 0.15) is 39.5 Å². The molecule has 2 heteroatoms. The van der Waals surface area contributed by atoms with Gasteiger partial charge in [-0.2, -0.15) is 0 Å². The summed E-state index contributed by atoms with van der Waals surface area (Å²) >= 11 is 0. The minimum Gasteiger partial charge on any atom is -0.329 e. The maximum atomic E-state index is 5.93. The zero-order valence-corrected chi connectivity index (χ0v) is 9.60. The van der Waals surface area contributed by atoms with E-state index in [0.29, 0.717) is 0 Å². The Kier molecular flexibility index (Phi) is 4.14. The third-order valence-corrected chi connectivity index (χ3v) is 3.56. The van der Waals surface area contributed by atoms with Crippen LogP contribution in [0.25, 0.3) is 0 Å². The lowest BCUT2D eigenvalue weighted by atomic mass is 9.85. The van der Waals surface area contributed by atoms with Crippen molar-refractivity contribution >= 4 is 0 Å². The maximum absolute atomic E-state index is 5.93. The number of nitrogens with one attached hydrogen (secondary N) is 1. The fourth-order valence-corrected chi connectivity index (χ4v) is 2.64. The molecule has 0 heterocycles. The topological polar surface area (TPSA) is 38.0 Å². The van der Waals surface area contributed by atoms with Crippen molar-refractivity contribution in [1.29, 1.82) is 0 Å². The van der Waals surface area contributed by atoms with Gasteiger partial charge in [-0.25, -0.2) is 0 Å². The van der Waals surface area contributed by atoms with Crippen molar-refractivity contribution < 1.29 is 0 Å². The van der Waals surface area contributed by atoms with Gasteiger partial charge in [0.15, 0.2) is 0 Å². The summed E-state index contributed by atoms with van der Waals surface area (Å²) in [6, 6.07) is 0. The fourth-order valence-electron chi connectivity index (χ4n) is 2.64. The van der Waals surface area contributed by atoms with Crippen molar-refractivity contribution in [2.45, 2.75) is 45.1 Å². The fraction of sp³-hybridized carbons (Fsp3) is 0.833. The van der Waals surface area contributed by atoms with E-state index in [0.717, 1.165) is 19.0 Å². The van der Waals surface area contributed by atoms with E-state index in [1.165, 1.54) is 31.3 Å². The van der Waals surface area contributed by atoms with Gasteiger partial charge in [-0.1, -0.05) is 31.9 Å². The molecule has 1 fully saturated rings. The summed E-state index contributed by atoms with van der Waals surface area (Å²) in [5.74, 6) is 0.756. The molecule has 14 heavy (non-hydrogen) atoms. The van der Waals surface area contributed by atoms with E-state index >= 15 is 0 Å². The zero-order valence-electron chi connectivity index (χ0n) is 9.60. The Labute approximate surface area is 87.9 Å². The summed E-state index contributed by atoms with van der Waals surface area (Å²) in [4.78, 5) is 0. The predicted octanol–water partition coefficient (Wildman–Crippen LogP) is 2.06. The molecule has 0 aliphatic heterocycles. The molecule has 1 rings (SSSR count). The van der Waals surface area contributed by atoms with Crippen LogP contribution in [0.15, 0.2) is 12.2 Å². The molecule has 0 aromatic heterocycles. The number of hydrogen-bond donors (Lipinski definition) is 2. The molecule has 1 aliphatic rings. The quantitative estimate of drug-likeness (QED) is 0.661. The Hall–Kier alpha value is -0.340. The molecule has 1 saturated carbocycles. The summed E-state index contributed by atoms with van der Waals surface area (Å²) in [6.07, 6.45) is 5.12. The first kappa shape index (κ1) is 11.7. The first-order chi connectivity index (χ1) is 6.64. The highest BCUT2D eigenvalue weighted by Gasteiger charge is 2.39. The monoisotopic (exact) mass is 196 g/mol. The predicted molar refractivity (Wildman–Crippen MR) is 62.2 cm³/mol. The molecule has 2 nitrogen and oxygen atoms in total. The van der Waals surface area contributed by atoms with Gasteiger partial charge in [0.1, 0.15) is 0 Å². The van der Waals surface area contributed by atoms with Crippen LogP contribution in [0, 0.1) is 5.92 Å².